The number of nitrogens with one attached hydrogen (secondary N) is 5. The highest BCUT2D eigenvalue weighted by molar-refractivity contribution is 14.1. The van der Waals surface area contributed by atoms with E-state index in [1.54, 1.807) is 24.6 Å². The van der Waals surface area contributed by atoms with Crippen molar-refractivity contribution in [3.05, 3.63) is 115 Å². The Bertz CT molecular complexity index is 2700. The number of aryl methyl sites for hydroxylation is 2. The minimum atomic E-state index is -1.33. The maximum Gasteiger partial charge on any atom is 0.277 e. The molecule has 6 rings (SSSR count). The Morgan fingerprint density at radius 3 is 2.18 bits per heavy atom. The normalized spacial score (nSPS) is 15.2. The second kappa shape index (κ2) is 31.1. The zero-order chi connectivity index (χ0) is 55.3. The lowest BCUT2D eigenvalue weighted by Crippen LogP contribution is -2.49. The monoisotopic (exact) mass is 1210 g/mol. The largest absolute Gasteiger partial charge is 0.391 e. The van der Waals surface area contributed by atoms with E-state index in [1.165, 1.54) is 28.4 Å². The van der Waals surface area contributed by atoms with Crippen molar-refractivity contribution in [1.82, 2.24) is 36.5 Å². The quantitative estimate of drug-likeness (QED) is 0.0150. The number of likely N-dealkylation sites (tertiary alicyclic amines) is 1. The third-order valence-corrected chi connectivity index (χ3v) is 13.8. The van der Waals surface area contributed by atoms with Gasteiger partial charge in [-0.2, -0.15) is 0 Å². The summed E-state index contributed by atoms with van der Waals surface area (Å²) < 4.78 is 71.5. The second-order valence-corrected chi connectivity index (χ2v) is 20.5. The van der Waals surface area contributed by atoms with Gasteiger partial charge in [0.2, 0.25) is 17.7 Å². The molecular weight excluding hydrogens is 1140 g/mol. The number of ether oxygens (including phenoxy) is 4. The lowest BCUT2D eigenvalue weighted by molar-refractivity contribution is -0.141. The predicted molar refractivity (Wildman–Crippen MR) is 289 cm³/mol. The van der Waals surface area contributed by atoms with Crippen molar-refractivity contribution in [3.8, 4) is 10.4 Å². The van der Waals surface area contributed by atoms with Crippen LogP contribution >= 0.6 is 33.9 Å². The number of carbonyl (C=O) groups is 4. The lowest BCUT2D eigenvalue weighted by atomic mass is 9.91. The summed E-state index contributed by atoms with van der Waals surface area (Å²) in [5.41, 5.74) is 6.23. The Morgan fingerprint density at radius 1 is 0.857 bits per heavy atom. The van der Waals surface area contributed by atoms with Gasteiger partial charge in [0.25, 0.3) is 5.91 Å². The highest BCUT2D eigenvalue weighted by Crippen LogP contribution is 2.33. The number of halogens is 4. The van der Waals surface area contributed by atoms with E-state index >= 15 is 0 Å². The molecule has 19 nitrogen and oxygen atoms in total. The molecule has 77 heavy (non-hydrogen) atoms. The Kier molecular flexibility index (Phi) is 24.5. The van der Waals surface area contributed by atoms with Gasteiger partial charge >= 0.3 is 0 Å². The highest BCUT2D eigenvalue weighted by atomic mass is 127. The van der Waals surface area contributed by atoms with Gasteiger partial charge in [-0.1, -0.05) is 43.3 Å². The third-order valence-electron chi connectivity index (χ3n) is 12.2. The molecule has 2 aromatic heterocycles. The summed E-state index contributed by atoms with van der Waals surface area (Å²) in [6, 6.07) is 13.6. The van der Waals surface area contributed by atoms with E-state index in [2.05, 4.69) is 36.9 Å². The lowest BCUT2D eigenvalue weighted by Gasteiger charge is -2.30. The van der Waals surface area contributed by atoms with Gasteiger partial charge in [-0.3, -0.25) is 24.0 Å². The topological polar surface area (TPSA) is 237 Å². The maximum atomic E-state index is 14.7. The van der Waals surface area contributed by atoms with Crippen LogP contribution in [0.15, 0.2) is 70.7 Å². The Hall–Kier alpha value is -5.58. The number of hydrogen-bond donors (Lipinski definition) is 6. The number of anilines is 2. The molecule has 0 saturated carbocycles. The van der Waals surface area contributed by atoms with E-state index in [-0.39, 0.29) is 68.1 Å². The van der Waals surface area contributed by atoms with Crippen molar-refractivity contribution in [1.29, 1.82) is 0 Å². The van der Waals surface area contributed by atoms with E-state index in [0.29, 0.717) is 86.3 Å². The molecule has 1 fully saturated rings. The van der Waals surface area contributed by atoms with Gasteiger partial charge in [-0.15, -0.1) is 11.3 Å². The number of benzene rings is 3. The van der Waals surface area contributed by atoms with Crippen molar-refractivity contribution < 1.29 is 65.8 Å². The van der Waals surface area contributed by atoms with Crippen LogP contribution in [0.3, 0.4) is 0 Å². The molecule has 1 aliphatic rings. The van der Waals surface area contributed by atoms with Gasteiger partial charge < -0.3 is 54.7 Å². The molecule has 0 spiro atoms. The minimum Gasteiger partial charge on any atom is -0.391 e. The first-order valence-electron chi connectivity index (χ1n) is 25.2. The molecule has 4 atom stereocenters. The van der Waals surface area contributed by atoms with E-state index < -0.39 is 59.1 Å². The maximum absolute atomic E-state index is 14.7. The third kappa shape index (κ3) is 18.5. The Labute approximate surface area is 462 Å². The minimum absolute atomic E-state index is 0.0224. The molecule has 0 radical (unpaired) electrons. The number of aliphatic hydroxyl groups is 1. The number of amides is 4. The first-order valence-corrected chi connectivity index (χ1v) is 27.2. The summed E-state index contributed by atoms with van der Waals surface area (Å²) in [6.45, 7) is 11.6. The smallest absolute Gasteiger partial charge is 0.277 e. The summed E-state index contributed by atoms with van der Waals surface area (Å²) in [6.07, 6.45) is -0.453. The van der Waals surface area contributed by atoms with Crippen molar-refractivity contribution in [3.63, 3.8) is 0 Å². The molecule has 418 valence electrons. The van der Waals surface area contributed by atoms with Gasteiger partial charge in [0.15, 0.2) is 11.6 Å². The van der Waals surface area contributed by atoms with Crippen molar-refractivity contribution >= 4 is 68.9 Å². The summed E-state index contributed by atoms with van der Waals surface area (Å²) in [5.74, 6) is -5.72. The molecule has 3 heterocycles. The standard InChI is InChI=1S/C53H66F3IN8O11S/c1-32(2)47(45-26-33(3)63-76-45)53(70)65-30-38(66)28-44(65)52(69)62-43(35-6-8-36(9-7-35)50-34(4)60-31-77-50)29-46(67)59-16-19-72-21-23-74-25-24-73-22-20-71-18-15-58-14-5-17-75-64-51(68)39-11-12-40(54)48(56)49(39)61-42-13-10-37(57)27-41(42)55/h6-13,26-27,31-32,38,43-44,47,58,61,66H,5,14-25,28-30H2,1-4H3,(H,59,67)(H,62,69)(H,64,68)/t38-,43+,44+,47-/m1/s1. The second-order valence-electron chi connectivity index (χ2n) is 18.4. The van der Waals surface area contributed by atoms with Crippen LogP contribution < -0.4 is 26.7 Å². The molecule has 24 heteroatoms. The molecule has 4 amide bonds. The highest BCUT2D eigenvalue weighted by Gasteiger charge is 2.44. The number of thiazole rings is 1. The first kappa shape index (κ1) is 60.6. The van der Waals surface area contributed by atoms with Gasteiger partial charge in [0, 0.05) is 35.7 Å². The van der Waals surface area contributed by atoms with Crippen LogP contribution in [-0.2, 0) is 38.2 Å². The fourth-order valence-corrected chi connectivity index (χ4v) is 9.56. The van der Waals surface area contributed by atoms with Crippen LogP contribution in [0.25, 0.3) is 10.4 Å². The molecule has 0 unspecified atom stereocenters. The molecule has 1 aliphatic heterocycles. The molecule has 3 aromatic carbocycles. The number of carbonyl (C=O) groups excluding carboxylic acids is 4. The van der Waals surface area contributed by atoms with Crippen molar-refractivity contribution in [2.24, 2.45) is 5.92 Å². The fraction of sp³-hybridized carbons (Fsp3) is 0.472. The van der Waals surface area contributed by atoms with Gasteiger partial charge in [-0.25, -0.2) is 23.6 Å². The molecule has 1 saturated heterocycles. The average molecular weight is 1210 g/mol. The Balaban J connectivity index is 0.806. The predicted octanol–water partition coefficient (Wildman–Crippen LogP) is 6.65. The molecule has 6 N–H and O–H groups in total. The van der Waals surface area contributed by atoms with Gasteiger partial charge in [0.05, 0.1) is 117 Å². The number of aliphatic hydroxyl groups excluding tert-OH is 1. The zero-order valence-corrected chi connectivity index (χ0v) is 46.3. The summed E-state index contributed by atoms with van der Waals surface area (Å²) in [5, 5.41) is 26.2. The van der Waals surface area contributed by atoms with E-state index in [9.17, 15) is 37.5 Å². The SMILES string of the molecule is Cc1cc([C@H](C(=O)N2C[C@H](O)C[C@H]2C(=O)N[C@@H](CC(=O)NCCOCCOCCOCCOCCNCCCONC(=O)c2ccc(F)c(F)c2Nc2ccc(I)cc2F)c2ccc(-c3scnc3C)cc2)C(C)C)on1. The van der Waals surface area contributed by atoms with Crippen LogP contribution in [0.5, 0.6) is 0 Å². The number of aromatic nitrogens is 2. The zero-order valence-electron chi connectivity index (χ0n) is 43.3. The van der Waals surface area contributed by atoms with Crippen molar-refractivity contribution in [2.45, 2.75) is 71.1 Å². The van der Waals surface area contributed by atoms with Gasteiger partial charge in [-0.05, 0) is 96.8 Å². The fourth-order valence-electron chi connectivity index (χ4n) is 8.30. The first-order chi connectivity index (χ1) is 37.1. The molecule has 0 bridgehead atoms. The van der Waals surface area contributed by atoms with Crippen molar-refractivity contribution in [2.75, 3.05) is 91.0 Å². The van der Waals surface area contributed by atoms with E-state index in [1.807, 2.05) is 67.6 Å². The number of β-amino-alcohol motifs (C(OH)–C–C–N with tert-alkyl or cyclic N) is 1. The van der Waals surface area contributed by atoms with Crippen LogP contribution in [0.1, 0.15) is 78.1 Å². The van der Waals surface area contributed by atoms with E-state index in [4.69, 9.17) is 28.3 Å². The van der Waals surface area contributed by atoms with Crippen LogP contribution in [0.2, 0.25) is 0 Å². The van der Waals surface area contributed by atoms with Gasteiger partial charge in [0.1, 0.15) is 23.5 Å². The summed E-state index contributed by atoms with van der Waals surface area (Å²) >= 11 is 3.43. The number of hydroxylamine groups is 1. The molecule has 0 aliphatic carbocycles. The summed E-state index contributed by atoms with van der Waals surface area (Å²) in [4.78, 5) is 66.1. The van der Waals surface area contributed by atoms with Crippen LogP contribution in [0.4, 0.5) is 24.5 Å². The summed E-state index contributed by atoms with van der Waals surface area (Å²) in [7, 11) is 0. The number of nitrogens with zero attached hydrogens (tertiary/aromatic N) is 3. The molecular formula is C53H66F3IN8O11S. The number of rotatable bonds is 32. The van der Waals surface area contributed by atoms with E-state index in [0.717, 1.165) is 28.3 Å². The molecule has 5 aromatic rings. The Morgan fingerprint density at radius 2 is 1.55 bits per heavy atom. The number of hydrogen-bond acceptors (Lipinski definition) is 16. The van der Waals surface area contributed by atoms with Crippen LogP contribution in [-0.4, -0.2) is 142 Å². The van der Waals surface area contributed by atoms with Crippen LogP contribution in [0, 0.1) is 40.8 Å². The average Bonchev–Trinajstić information content (AvgIpc) is 4.16.